The molecule has 0 bridgehead atoms. The van der Waals surface area contributed by atoms with Crippen molar-refractivity contribution in [2.75, 3.05) is 20.3 Å². The monoisotopic (exact) mass is 383 g/mol. The van der Waals surface area contributed by atoms with Gasteiger partial charge in [-0.1, -0.05) is 0 Å². The topological polar surface area (TPSA) is 69.8 Å². The van der Waals surface area contributed by atoms with E-state index in [4.69, 9.17) is 18.9 Å². The lowest BCUT2D eigenvalue weighted by molar-refractivity contribution is -0.141. The Hall–Kier alpha value is -1.57. The minimum absolute atomic E-state index is 0.107. The van der Waals surface area contributed by atoms with Crippen LogP contribution in [0.4, 0.5) is 0 Å². The summed E-state index contributed by atoms with van der Waals surface area (Å²) in [6, 6.07) is 5.43. The Bertz CT molecular complexity index is 739. The Morgan fingerprint density at radius 1 is 1.48 bits per heavy atom. The van der Waals surface area contributed by atoms with Crippen LogP contribution in [0.1, 0.15) is 24.3 Å². The van der Waals surface area contributed by atoms with Crippen molar-refractivity contribution in [1.29, 1.82) is 0 Å². The summed E-state index contributed by atoms with van der Waals surface area (Å²) in [6.07, 6.45) is -0.107. The van der Waals surface area contributed by atoms with Crippen LogP contribution in [0.15, 0.2) is 22.7 Å². The van der Waals surface area contributed by atoms with Gasteiger partial charge in [-0.3, -0.25) is 0 Å². The fourth-order valence-corrected chi connectivity index (χ4v) is 3.08. The summed E-state index contributed by atoms with van der Waals surface area (Å²) >= 11 is 3.53. The molecule has 0 unspecified atom stereocenters. The number of rotatable bonds is 4. The van der Waals surface area contributed by atoms with Gasteiger partial charge in [0.2, 0.25) is 0 Å². The normalized spacial score (nSPS) is 19.9. The van der Waals surface area contributed by atoms with Crippen molar-refractivity contribution in [3.63, 3.8) is 0 Å². The average molecular weight is 384 g/mol. The molecule has 0 aliphatic carbocycles. The fraction of sp³-hybridized carbons (Fsp3) is 0.438. The van der Waals surface area contributed by atoms with Gasteiger partial charge in [0.25, 0.3) is 0 Å². The standard InChI is InChI=1S/C16H18BrNO5/c1-16(2)22-8-9(23-16)7-21-13-5-4-11-10(14(13)17)6-12(18-11)15(19)20-3/h4-6,9,18H,7-8H2,1-3H3/t9-/m0/s1. The molecule has 1 saturated heterocycles. The highest BCUT2D eigenvalue weighted by Gasteiger charge is 2.33. The van der Waals surface area contributed by atoms with Crippen molar-refractivity contribution in [3.8, 4) is 5.75 Å². The zero-order chi connectivity index (χ0) is 16.6. The number of hydrogen-bond acceptors (Lipinski definition) is 5. The molecule has 0 radical (unpaired) electrons. The van der Waals surface area contributed by atoms with Crippen molar-refractivity contribution in [2.24, 2.45) is 0 Å². The second-order valence-electron chi connectivity index (χ2n) is 5.78. The minimum atomic E-state index is -0.564. The second kappa shape index (κ2) is 6.14. The fourth-order valence-electron chi connectivity index (χ4n) is 2.51. The van der Waals surface area contributed by atoms with Gasteiger partial charge in [0.1, 0.15) is 24.2 Å². The van der Waals surface area contributed by atoms with Gasteiger partial charge in [-0.05, 0) is 48.0 Å². The lowest BCUT2D eigenvalue weighted by Crippen LogP contribution is -2.25. The summed E-state index contributed by atoms with van der Waals surface area (Å²) in [5, 5.41) is 0.854. The maximum atomic E-state index is 11.6. The second-order valence-corrected chi connectivity index (χ2v) is 6.57. The number of fused-ring (bicyclic) bond motifs is 1. The van der Waals surface area contributed by atoms with E-state index in [1.807, 2.05) is 26.0 Å². The summed E-state index contributed by atoms with van der Waals surface area (Å²) in [4.78, 5) is 14.6. The Labute approximate surface area is 142 Å². The molecule has 2 aromatic rings. The van der Waals surface area contributed by atoms with Crippen LogP contribution >= 0.6 is 15.9 Å². The van der Waals surface area contributed by atoms with Crippen molar-refractivity contribution in [1.82, 2.24) is 4.98 Å². The van der Waals surface area contributed by atoms with Crippen molar-refractivity contribution < 1.29 is 23.7 Å². The van der Waals surface area contributed by atoms with E-state index in [0.717, 1.165) is 15.4 Å². The molecule has 1 aromatic heterocycles. The molecule has 6 nitrogen and oxygen atoms in total. The number of benzene rings is 1. The molecule has 1 N–H and O–H groups in total. The predicted octanol–water partition coefficient (Wildman–Crippen LogP) is 3.25. The van der Waals surface area contributed by atoms with E-state index >= 15 is 0 Å². The van der Waals surface area contributed by atoms with Gasteiger partial charge in [-0.2, -0.15) is 0 Å². The van der Waals surface area contributed by atoms with Crippen LogP contribution in [0.5, 0.6) is 5.75 Å². The number of nitrogens with one attached hydrogen (secondary N) is 1. The summed E-state index contributed by atoms with van der Waals surface area (Å²) < 4.78 is 22.6. The number of aromatic nitrogens is 1. The number of methoxy groups -OCH3 is 1. The zero-order valence-electron chi connectivity index (χ0n) is 13.1. The number of carbonyl (C=O) groups excluding carboxylic acids is 1. The molecule has 1 atom stereocenters. The first-order valence-corrected chi connectivity index (χ1v) is 8.03. The van der Waals surface area contributed by atoms with E-state index in [-0.39, 0.29) is 6.10 Å². The molecular weight excluding hydrogens is 366 g/mol. The number of H-pyrrole nitrogens is 1. The third kappa shape index (κ3) is 3.36. The Morgan fingerprint density at radius 3 is 2.91 bits per heavy atom. The maximum Gasteiger partial charge on any atom is 0.354 e. The van der Waals surface area contributed by atoms with Gasteiger partial charge in [0.05, 0.1) is 18.2 Å². The largest absolute Gasteiger partial charge is 0.490 e. The molecule has 1 fully saturated rings. The molecule has 2 heterocycles. The third-order valence-corrected chi connectivity index (χ3v) is 4.42. The summed E-state index contributed by atoms with van der Waals surface area (Å²) in [5.41, 5.74) is 1.22. The molecule has 1 aromatic carbocycles. The molecule has 0 amide bonds. The van der Waals surface area contributed by atoms with Crippen LogP contribution in [0, 0.1) is 0 Å². The highest BCUT2D eigenvalue weighted by molar-refractivity contribution is 9.10. The Kier molecular flexibility index (Phi) is 4.35. The number of hydrogen-bond donors (Lipinski definition) is 1. The van der Waals surface area contributed by atoms with E-state index in [0.29, 0.717) is 24.7 Å². The number of carbonyl (C=O) groups is 1. The van der Waals surface area contributed by atoms with Crippen LogP contribution in [-0.4, -0.2) is 43.2 Å². The molecule has 1 aliphatic heterocycles. The summed E-state index contributed by atoms with van der Waals surface area (Å²) in [6.45, 7) is 4.65. The molecule has 0 saturated carbocycles. The molecule has 124 valence electrons. The Morgan fingerprint density at radius 2 is 2.26 bits per heavy atom. The van der Waals surface area contributed by atoms with Gasteiger partial charge in [-0.25, -0.2) is 4.79 Å². The average Bonchev–Trinajstić information content (AvgIpc) is 3.09. The number of ether oxygens (including phenoxy) is 4. The molecule has 3 rings (SSSR count). The van der Waals surface area contributed by atoms with Crippen LogP contribution < -0.4 is 4.74 Å². The van der Waals surface area contributed by atoms with Crippen molar-refractivity contribution >= 4 is 32.8 Å². The van der Waals surface area contributed by atoms with Gasteiger partial charge >= 0.3 is 5.97 Å². The molecule has 1 aliphatic rings. The van der Waals surface area contributed by atoms with E-state index < -0.39 is 11.8 Å². The maximum absolute atomic E-state index is 11.6. The van der Waals surface area contributed by atoms with Crippen LogP contribution in [0.2, 0.25) is 0 Å². The summed E-state index contributed by atoms with van der Waals surface area (Å²) in [5.74, 6) is -0.291. The zero-order valence-corrected chi connectivity index (χ0v) is 14.7. The van der Waals surface area contributed by atoms with Crippen molar-refractivity contribution in [2.45, 2.75) is 25.7 Å². The first kappa shape index (κ1) is 16.3. The van der Waals surface area contributed by atoms with E-state index in [1.165, 1.54) is 7.11 Å². The SMILES string of the molecule is COC(=O)c1cc2c(Br)c(OC[C@H]3COC(C)(C)O3)ccc2[nH]1. The van der Waals surface area contributed by atoms with Gasteiger partial charge in [0, 0.05) is 10.9 Å². The molecule has 7 heteroatoms. The highest BCUT2D eigenvalue weighted by Crippen LogP contribution is 2.34. The van der Waals surface area contributed by atoms with Gasteiger partial charge in [-0.15, -0.1) is 0 Å². The quantitative estimate of drug-likeness (QED) is 0.820. The first-order valence-electron chi connectivity index (χ1n) is 7.24. The molecule has 0 spiro atoms. The van der Waals surface area contributed by atoms with Crippen LogP contribution in [0.25, 0.3) is 10.9 Å². The number of aromatic amines is 1. The van der Waals surface area contributed by atoms with Crippen molar-refractivity contribution in [3.05, 3.63) is 28.4 Å². The van der Waals surface area contributed by atoms with Gasteiger partial charge < -0.3 is 23.9 Å². The summed E-state index contributed by atoms with van der Waals surface area (Å²) in [7, 11) is 1.35. The van der Waals surface area contributed by atoms with E-state index in [2.05, 4.69) is 20.9 Å². The first-order chi connectivity index (χ1) is 10.9. The molecular formula is C16H18BrNO5. The third-order valence-electron chi connectivity index (χ3n) is 3.60. The van der Waals surface area contributed by atoms with Crippen LogP contribution in [0.3, 0.4) is 0 Å². The van der Waals surface area contributed by atoms with E-state index in [9.17, 15) is 4.79 Å². The smallest absolute Gasteiger partial charge is 0.354 e. The van der Waals surface area contributed by atoms with Crippen LogP contribution in [-0.2, 0) is 14.2 Å². The minimum Gasteiger partial charge on any atom is -0.490 e. The lowest BCUT2D eigenvalue weighted by Gasteiger charge is -2.17. The van der Waals surface area contributed by atoms with Gasteiger partial charge in [0.15, 0.2) is 5.79 Å². The molecule has 23 heavy (non-hydrogen) atoms. The lowest BCUT2D eigenvalue weighted by atomic mass is 10.2. The highest BCUT2D eigenvalue weighted by atomic mass is 79.9. The predicted molar refractivity (Wildman–Crippen MR) is 87.7 cm³/mol. The van der Waals surface area contributed by atoms with E-state index in [1.54, 1.807) is 6.07 Å². The Balaban J connectivity index is 1.76. The number of halogens is 1. The number of esters is 1.